The molecule has 0 aliphatic heterocycles. The Bertz CT molecular complexity index is 577. The highest BCUT2D eigenvalue weighted by Crippen LogP contribution is 2.11. The van der Waals surface area contributed by atoms with Crippen LogP contribution in [-0.2, 0) is 6.42 Å². The summed E-state index contributed by atoms with van der Waals surface area (Å²) in [6.45, 7) is 4.39. The lowest BCUT2D eigenvalue weighted by Crippen LogP contribution is -1.97. The van der Waals surface area contributed by atoms with Gasteiger partial charge in [-0.3, -0.25) is 4.79 Å². The highest BCUT2D eigenvalue weighted by Gasteiger charge is 2.03. The highest BCUT2D eigenvalue weighted by atomic mass is 16.1. The standard InChI is InChI=1S/C19H20O/c1-15(2)14-17-8-11-18(12-9-17)19(20)13-10-16-6-4-3-5-7-16/h3-13,15H,14H2,1-2H3/b13-10+. The van der Waals surface area contributed by atoms with Crippen LogP contribution in [0, 0.1) is 5.92 Å². The van der Waals surface area contributed by atoms with Crippen molar-refractivity contribution < 1.29 is 4.79 Å². The lowest BCUT2D eigenvalue weighted by atomic mass is 10.0. The normalized spacial score (nSPS) is 11.2. The van der Waals surface area contributed by atoms with Crippen molar-refractivity contribution in [3.8, 4) is 0 Å². The first kappa shape index (κ1) is 14.3. The molecule has 2 aromatic carbocycles. The molecule has 0 radical (unpaired) electrons. The largest absolute Gasteiger partial charge is 0.289 e. The van der Waals surface area contributed by atoms with E-state index in [1.54, 1.807) is 6.08 Å². The predicted octanol–water partition coefficient (Wildman–Crippen LogP) is 4.78. The van der Waals surface area contributed by atoms with E-state index >= 15 is 0 Å². The fourth-order valence-corrected chi connectivity index (χ4v) is 2.11. The number of hydrogen-bond donors (Lipinski definition) is 0. The average molecular weight is 264 g/mol. The zero-order valence-electron chi connectivity index (χ0n) is 12.0. The third kappa shape index (κ3) is 4.20. The number of carbonyl (C=O) groups excluding carboxylic acids is 1. The molecule has 2 aromatic rings. The van der Waals surface area contributed by atoms with Gasteiger partial charge >= 0.3 is 0 Å². The molecule has 0 unspecified atom stereocenters. The van der Waals surface area contributed by atoms with Gasteiger partial charge in [0, 0.05) is 5.56 Å². The number of benzene rings is 2. The lowest BCUT2D eigenvalue weighted by Gasteiger charge is -2.05. The van der Waals surface area contributed by atoms with E-state index in [-0.39, 0.29) is 5.78 Å². The van der Waals surface area contributed by atoms with Crippen molar-refractivity contribution in [2.75, 3.05) is 0 Å². The Morgan fingerprint density at radius 3 is 2.25 bits per heavy atom. The molecule has 0 aliphatic rings. The van der Waals surface area contributed by atoms with Crippen LogP contribution in [0.2, 0.25) is 0 Å². The Hall–Kier alpha value is -2.15. The van der Waals surface area contributed by atoms with Crippen LogP contribution in [0.15, 0.2) is 60.7 Å². The van der Waals surface area contributed by atoms with Gasteiger partial charge in [-0.15, -0.1) is 0 Å². The van der Waals surface area contributed by atoms with Crippen molar-refractivity contribution in [1.82, 2.24) is 0 Å². The van der Waals surface area contributed by atoms with Gasteiger partial charge in [-0.2, -0.15) is 0 Å². The molecule has 102 valence electrons. The van der Waals surface area contributed by atoms with Gasteiger partial charge in [-0.05, 0) is 29.5 Å². The van der Waals surface area contributed by atoms with Crippen LogP contribution < -0.4 is 0 Å². The zero-order chi connectivity index (χ0) is 14.4. The summed E-state index contributed by atoms with van der Waals surface area (Å²) >= 11 is 0. The summed E-state index contributed by atoms with van der Waals surface area (Å²) in [6, 6.07) is 17.8. The van der Waals surface area contributed by atoms with Crippen LogP contribution >= 0.6 is 0 Å². The number of allylic oxidation sites excluding steroid dienone is 1. The van der Waals surface area contributed by atoms with Gasteiger partial charge in [0.2, 0.25) is 0 Å². The van der Waals surface area contributed by atoms with Crippen molar-refractivity contribution in [1.29, 1.82) is 0 Å². The maximum Gasteiger partial charge on any atom is 0.185 e. The first-order valence-electron chi connectivity index (χ1n) is 7.01. The number of ketones is 1. The van der Waals surface area contributed by atoms with Crippen LogP contribution in [0.3, 0.4) is 0 Å². The number of rotatable bonds is 5. The first-order chi connectivity index (χ1) is 9.65. The second-order valence-electron chi connectivity index (χ2n) is 5.40. The van der Waals surface area contributed by atoms with Crippen molar-refractivity contribution >= 4 is 11.9 Å². The van der Waals surface area contributed by atoms with E-state index in [4.69, 9.17) is 0 Å². The van der Waals surface area contributed by atoms with Crippen LogP contribution in [0.25, 0.3) is 6.08 Å². The third-order valence-electron chi connectivity index (χ3n) is 3.11. The monoisotopic (exact) mass is 264 g/mol. The average Bonchev–Trinajstić information content (AvgIpc) is 2.46. The molecule has 0 saturated heterocycles. The van der Waals surface area contributed by atoms with Crippen molar-refractivity contribution in [2.24, 2.45) is 5.92 Å². The minimum Gasteiger partial charge on any atom is -0.289 e. The highest BCUT2D eigenvalue weighted by molar-refractivity contribution is 6.06. The lowest BCUT2D eigenvalue weighted by molar-refractivity contribution is 0.104. The van der Waals surface area contributed by atoms with Crippen molar-refractivity contribution in [2.45, 2.75) is 20.3 Å². The quantitative estimate of drug-likeness (QED) is 0.561. The summed E-state index contributed by atoms with van der Waals surface area (Å²) in [5, 5.41) is 0. The number of hydrogen-bond acceptors (Lipinski definition) is 1. The molecule has 0 saturated carbocycles. The zero-order valence-corrected chi connectivity index (χ0v) is 12.0. The minimum absolute atomic E-state index is 0.0463. The third-order valence-corrected chi connectivity index (χ3v) is 3.11. The molecule has 0 heterocycles. The molecule has 0 amide bonds. The maximum atomic E-state index is 12.1. The predicted molar refractivity (Wildman–Crippen MR) is 84.8 cm³/mol. The van der Waals surface area contributed by atoms with E-state index in [1.807, 2.05) is 60.7 Å². The number of carbonyl (C=O) groups is 1. The molecule has 0 aromatic heterocycles. The van der Waals surface area contributed by atoms with Crippen LogP contribution in [-0.4, -0.2) is 5.78 Å². The maximum absolute atomic E-state index is 12.1. The fraction of sp³-hybridized carbons (Fsp3) is 0.211. The summed E-state index contributed by atoms with van der Waals surface area (Å²) in [6.07, 6.45) is 4.53. The van der Waals surface area contributed by atoms with Crippen molar-refractivity contribution in [3.05, 3.63) is 77.4 Å². The van der Waals surface area contributed by atoms with Crippen molar-refractivity contribution in [3.63, 3.8) is 0 Å². The molecule has 20 heavy (non-hydrogen) atoms. The SMILES string of the molecule is CC(C)Cc1ccc(C(=O)/C=C/c2ccccc2)cc1. The summed E-state index contributed by atoms with van der Waals surface area (Å²) < 4.78 is 0. The van der Waals surface area contributed by atoms with Gasteiger partial charge < -0.3 is 0 Å². The topological polar surface area (TPSA) is 17.1 Å². The Morgan fingerprint density at radius 2 is 1.65 bits per heavy atom. The molecular weight excluding hydrogens is 244 g/mol. The second kappa shape index (κ2) is 6.85. The van der Waals surface area contributed by atoms with E-state index < -0.39 is 0 Å². The second-order valence-corrected chi connectivity index (χ2v) is 5.40. The van der Waals surface area contributed by atoms with Gasteiger partial charge in [0.15, 0.2) is 5.78 Å². The van der Waals surface area contributed by atoms with Gasteiger partial charge in [-0.1, -0.05) is 74.5 Å². The van der Waals surface area contributed by atoms with E-state index in [0.29, 0.717) is 5.92 Å². The van der Waals surface area contributed by atoms with Gasteiger partial charge in [0.05, 0.1) is 0 Å². The minimum atomic E-state index is 0.0463. The molecule has 0 spiro atoms. The van der Waals surface area contributed by atoms with E-state index in [9.17, 15) is 4.79 Å². The molecule has 0 atom stereocenters. The molecule has 1 heteroatoms. The molecule has 0 bridgehead atoms. The molecule has 0 fully saturated rings. The van der Waals surface area contributed by atoms with E-state index in [1.165, 1.54) is 5.56 Å². The van der Waals surface area contributed by atoms with Gasteiger partial charge in [0.25, 0.3) is 0 Å². The van der Waals surface area contributed by atoms with Gasteiger partial charge in [-0.25, -0.2) is 0 Å². The van der Waals surface area contributed by atoms with Crippen LogP contribution in [0.5, 0.6) is 0 Å². The Morgan fingerprint density at radius 1 is 1.00 bits per heavy atom. The Balaban J connectivity index is 2.04. The summed E-state index contributed by atoms with van der Waals surface area (Å²) in [5.74, 6) is 0.680. The molecular formula is C19H20O. The fourth-order valence-electron chi connectivity index (χ4n) is 2.11. The van der Waals surface area contributed by atoms with Crippen LogP contribution in [0.1, 0.15) is 35.3 Å². The molecule has 0 N–H and O–H groups in total. The Labute approximate surface area is 121 Å². The molecule has 0 aliphatic carbocycles. The Kier molecular flexibility index (Phi) is 4.89. The summed E-state index contributed by atoms with van der Waals surface area (Å²) in [4.78, 5) is 12.1. The van der Waals surface area contributed by atoms with E-state index in [0.717, 1.165) is 17.5 Å². The molecule has 1 nitrogen and oxygen atoms in total. The molecule has 2 rings (SSSR count). The summed E-state index contributed by atoms with van der Waals surface area (Å²) in [5.41, 5.74) is 3.06. The van der Waals surface area contributed by atoms with Gasteiger partial charge in [0.1, 0.15) is 0 Å². The van der Waals surface area contributed by atoms with Crippen LogP contribution in [0.4, 0.5) is 0 Å². The first-order valence-corrected chi connectivity index (χ1v) is 7.01. The smallest absolute Gasteiger partial charge is 0.185 e. The van der Waals surface area contributed by atoms with E-state index in [2.05, 4.69) is 13.8 Å². The summed E-state index contributed by atoms with van der Waals surface area (Å²) in [7, 11) is 0.